The van der Waals surface area contributed by atoms with Crippen LogP contribution in [0.5, 0.6) is 0 Å². The Hall–Kier alpha value is -3.31. The van der Waals surface area contributed by atoms with Crippen LogP contribution in [0.2, 0.25) is 0 Å². The van der Waals surface area contributed by atoms with Crippen molar-refractivity contribution in [3.63, 3.8) is 0 Å². The summed E-state index contributed by atoms with van der Waals surface area (Å²) in [7, 11) is 1.65. The first-order chi connectivity index (χ1) is 13.4. The Kier molecular flexibility index (Phi) is 4.32. The van der Waals surface area contributed by atoms with E-state index >= 15 is 0 Å². The number of benzene rings is 1. The Morgan fingerprint density at radius 1 is 1.43 bits per heavy atom. The second kappa shape index (κ2) is 6.69. The molecule has 28 heavy (non-hydrogen) atoms. The van der Waals surface area contributed by atoms with Crippen LogP contribution in [0, 0.1) is 11.8 Å². The molecule has 8 nitrogen and oxygen atoms in total. The Bertz CT molecular complexity index is 1030. The van der Waals surface area contributed by atoms with Crippen molar-refractivity contribution >= 4 is 17.5 Å². The number of carbonyl (C=O) groups is 2. The number of likely N-dealkylation sites (N-methyl/N-ethyl adjacent to an activating group) is 1. The smallest absolute Gasteiger partial charge is 0.271 e. The van der Waals surface area contributed by atoms with Crippen molar-refractivity contribution in [3.05, 3.63) is 41.2 Å². The van der Waals surface area contributed by atoms with Gasteiger partial charge in [0.25, 0.3) is 11.8 Å². The first kappa shape index (κ1) is 18.1. The minimum absolute atomic E-state index is 0.222. The first-order valence-corrected chi connectivity index (χ1v) is 9.16. The van der Waals surface area contributed by atoms with Crippen LogP contribution in [0.4, 0.5) is 5.69 Å². The zero-order valence-corrected chi connectivity index (χ0v) is 15.5. The van der Waals surface area contributed by atoms with Crippen LogP contribution >= 0.6 is 0 Å². The molecule has 0 radical (unpaired) electrons. The topological polar surface area (TPSA) is 113 Å². The lowest BCUT2D eigenvalue weighted by Crippen LogP contribution is -2.37. The van der Waals surface area contributed by atoms with Crippen LogP contribution in [0.1, 0.15) is 34.6 Å². The van der Waals surface area contributed by atoms with Crippen molar-refractivity contribution < 1.29 is 14.7 Å². The van der Waals surface area contributed by atoms with Gasteiger partial charge >= 0.3 is 0 Å². The van der Waals surface area contributed by atoms with Crippen LogP contribution in [-0.2, 0) is 11.2 Å². The Balaban J connectivity index is 1.71. The number of aromatic nitrogens is 2. The van der Waals surface area contributed by atoms with E-state index in [9.17, 15) is 14.7 Å². The number of primary amides is 1. The fourth-order valence-electron chi connectivity index (χ4n) is 3.59. The molecule has 1 saturated heterocycles. The maximum atomic E-state index is 12.1. The molecule has 1 aromatic heterocycles. The number of anilines is 1. The molecule has 0 spiro atoms. The molecule has 2 aromatic rings. The van der Waals surface area contributed by atoms with Gasteiger partial charge in [-0.2, -0.15) is 5.10 Å². The first-order valence-electron chi connectivity index (χ1n) is 9.16. The molecular formula is C20H21N5O3. The summed E-state index contributed by atoms with van der Waals surface area (Å²) in [6.45, 7) is 1.25. The molecule has 1 fully saturated rings. The summed E-state index contributed by atoms with van der Waals surface area (Å²) >= 11 is 0. The van der Waals surface area contributed by atoms with Gasteiger partial charge in [-0.1, -0.05) is 17.9 Å². The molecule has 0 bridgehead atoms. The molecule has 1 atom stereocenters. The van der Waals surface area contributed by atoms with Crippen LogP contribution in [0.3, 0.4) is 0 Å². The van der Waals surface area contributed by atoms with Gasteiger partial charge in [-0.25, -0.2) is 4.68 Å². The average molecular weight is 379 g/mol. The van der Waals surface area contributed by atoms with E-state index in [0.717, 1.165) is 30.8 Å². The normalized spacial score (nSPS) is 20.9. The highest BCUT2D eigenvalue weighted by atomic mass is 16.3. The van der Waals surface area contributed by atoms with Crippen molar-refractivity contribution in [2.24, 2.45) is 5.73 Å². The van der Waals surface area contributed by atoms with E-state index in [2.05, 4.69) is 22.3 Å². The summed E-state index contributed by atoms with van der Waals surface area (Å²) in [6, 6.07) is 7.29. The molecule has 4 rings (SSSR count). The van der Waals surface area contributed by atoms with Crippen molar-refractivity contribution in [1.29, 1.82) is 0 Å². The Labute approximate surface area is 162 Å². The predicted molar refractivity (Wildman–Crippen MR) is 103 cm³/mol. The van der Waals surface area contributed by atoms with Crippen molar-refractivity contribution in [2.45, 2.75) is 24.9 Å². The highest BCUT2D eigenvalue weighted by Gasteiger charge is 2.42. The number of nitrogens with one attached hydrogen (secondary N) is 1. The monoisotopic (exact) mass is 379 g/mol. The van der Waals surface area contributed by atoms with Gasteiger partial charge < -0.3 is 21.1 Å². The average Bonchev–Trinajstić information content (AvgIpc) is 3.21. The van der Waals surface area contributed by atoms with Crippen LogP contribution < -0.4 is 11.1 Å². The van der Waals surface area contributed by atoms with E-state index in [4.69, 9.17) is 5.73 Å². The number of fused-ring (bicyclic) bond motifs is 1. The fourth-order valence-corrected chi connectivity index (χ4v) is 3.59. The van der Waals surface area contributed by atoms with Crippen molar-refractivity contribution in [3.8, 4) is 17.5 Å². The molecule has 2 aliphatic rings. The lowest BCUT2D eigenvalue weighted by Gasteiger charge is -2.16. The number of nitrogens with zero attached hydrogens (tertiary/aromatic N) is 3. The van der Waals surface area contributed by atoms with E-state index in [1.54, 1.807) is 17.8 Å². The van der Waals surface area contributed by atoms with E-state index in [1.807, 2.05) is 18.2 Å². The van der Waals surface area contributed by atoms with Crippen LogP contribution in [0.15, 0.2) is 24.3 Å². The Morgan fingerprint density at radius 3 is 2.96 bits per heavy atom. The summed E-state index contributed by atoms with van der Waals surface area (Å²) < 4.78 is 1.70. The fraction of sp³-hybridized carbons (Fsp3) is 0.350. The molecular weight excluding hydrogens is 358 g/mol. The third-order valence-electron chi connectivity index (χ3n) is 5.12. The maximum absolute atomic E-state index is 12.1. The van der Waals surface area contributed by atoms with Gasteiger partial charge in [0.15, 0.2) is 5.69 Å². The van der Waals surface area contributed by atoms with E-state index in [0.29, 0.717) is 17.8 Å². The van der Waals surface area contributed by atoms with Crippen LogP contribution in [-0.4, -0.2) is 57.3 Å². The quantitative estimate of drug-likeness (QED) is 0.649. The molecule has 4 N–H and O–H groups in total. The van der Waals surface area contributed by atoms with Crippen LogP contribution in [0.25, 0.3) is 5.69 Å². The van der Waals surface area contributed by atoms with Gasteiger partial charge in [0, 0.05) is 32.1 Å². The lowest BCUT2D eigenvalue weighted by atomic mass is 10.0. The molecule has 1 aromatic carbocycles. The molecule has 144 valence electrons. The van der Waals surface area contributed by atoms with Crippen molar-refractivity contribution in [2.75, 3.05) is 25.5 Å². The molecule has 0 saturated carbocycles. The summed E-state index contributed by atoms with van der Waals surface area (Å²) in [4.78, 5) is 25.3. The van der Waals surface area contributed by atoms with E-state index < -0.39 is 11.5 Å². The summed E-state index contributed by atoms with van der Waals surface area (Å²) in [5, 5.41) is 18.1. The molecule has 2 amide bonds. The Morgan fingerprint density at radius 2 is 2.25 bits per heavy atom. The number of aliphatic hydroxyl groups is 1. The number of hydrogen-bond acceptors (Lipinski definition) is 5. The van der Waals surface area contributed by atoms with E-state index in [1.165, 1.54) is 4.90 Å². The number of likely N-dealkylation sites (tertiary alicyclic amines) is 1. The molecule has 1 unspecified atom stereocenters. The lowest BCUT2D eigenvalue weighted by molar-refractivity contribution is -0.137. The predicted octanol–water partition coefficient (Wildman–Crippen LogP) is 0.274. The number of carbonyl (C=O) groups excluding carboxylic acids is 2. The minimum Gasteiger partial charge on any atom is -0.382 e. The number of rotatable bonds is 2. The largest absolute Gasteiger partial charge is 0.382 e. The molecule has 0 aliphatic carbocycles. The summed E-state index contributed by atoms with van der Waals surface area (Å²) in [5.41, 5.74) is 7.02. The second-order valence-corrected chi connectivity index (χ2v) is 7.11. The van der Waals surface area contributed by atoms with Gasteiger partial charge in [0.1, 0.15) is 0 Å². The number of nitrogens with two attached hydrogens (primary N) is 1. The number of amides is 2. The standard InChI is InChI=1S/C20H21N5O3/c1-24-11-9-20(28,19(24)27)8-7-13-4-2-5-14(12-13)25-15-6-3-10-22-16(15)17(23-25)18(21)26/h2,4-5,12,22,28H,3,6,9-11H2,1H3,(H2,21,26). The van der Waals surface area contributed by atoms with E-state index in [-0.39, 0.29) is 18.0 Å². The zero-order valence-electron chi connectivity index (χ0n) is 15.5. The van der Waals surface area contributed by atoms with Gasteiger partial charge in [-0.05, 0) is 31.0 Å². The minimum atomic E-state index is -1.64. The van der Waals surface area contributed by atoms with Gasteiger partial charge in [-0.3, -0.25) is 9.59 Å². The molecule has 3 heterocycles. The van der Waals surface area contributed by atoms with Gasteiger partial charge in [0.05, 0.1) is 17.1 Å². The molecule has 8 heteroatoms. The van der Waals surface area contributed by atoms with Crippen molar-refractivity contribution in [1.82, 2.24) is 14.7 Å². The molecule has 2 aliphatic heterocycles. The number of hydrogen-bond donors (Lipinski definition) is 3. The summed E-state index contributed by atoms with van der Waals surface area (Å²) in [6.07, 6.45) is 1.99. The third kappa shape index (κ3) is 3.00. The highest BCUT2D eigenvalue weighted by molar-refractivity contribution is 5.97. The zero-order chi connectivity index (χ0) is 19.9. The maximum Gasteiger partial charge on any atom is 0.271 e. The second-order valence-electron chi connectivity index (χ2n) is 7.11. The highest BCUT2D eigenvalue weighted by Crippen LogP contribution is 2.28. The SMILES string of the molecule is CN1CCC(O)(C#Cc2cccc(-n3nc(C(N)=O)c4c3CCCN4)c2)C1=O. The third-order valence-corrected chi connectivity index (χ3v) is 5.12. The van der Waals surface area contributed by atoms with Gasteiger partial charge in [0.2, 0.25) is 5.60 Å². The summed E-state index contributed by atoms with van der Waals surface area (Å²) in [5.74, 6) is 4.66. The van der Waals surface area contributed by atoms with Gasteiger partial charge in [-0.15, -0.1) is 0 Å².